The summed E-state index contributed by atoms with van der Waals surface area (Å²) in [5.74, 6) is -0.392. The van der Waals surface area contributed by atoms with Gasteiger partial charge in [-0.1, -0.05) is 6.07 Å². The number of benzene rings is 1. The molecule has 0 aliphatic carbocycles. The maximum absolute atomic E-state index is 12.9. The van der Waals surface area contributed by atoms with E-state index in [1.807, 2.05) is 0 Å². The highest BCUT2D eigenvalue weighted by atomic mass is 16.6. The lowest BCUT2D eigenvalue weighted by molar-refractivity contribution is -0.385. The normalized spacial score (nSPS) is 20.7. The van der Waals surface area contributed by atoms with Crippen LogP contribution in [0.3, 0.4) is 0 Å². The summed E-state index contributed by atoms with van der Waals surface area (Å²) in [4.78, 5) is 39.7. The first-order valence-electron chi connectivity index (χ1n) is 8.89. The van der Waals surface area contributed by atoms with E-state index >= 15 is 0 Å². The number of nitro groups is 1. The van der Waals surface area contributed by atoms with Crippen LogP contribution in [-0.2, 0) is 9.53 Å². The molecule has 1 atom stereocenters. The highest BCUT2D eigenvalue weighted by molar-refractivity contribution is 5.97. The molecular weight excluding hydrogens is 338 g/mol. The second kappa shape index (κ2) is 7.82. The first-order valence-corrected chi connectivity index (χ1v) is 8.89. The van der Waals surface area contributed by atoms with Crippen LogP contribution < -0.4 is 0 Å². The zero-order chi connectivity index (χ0) is 18.7. The Balaban J connectivity index is 1.73. The van der Waals surface area contributed by atoms with E-state index in [-0.39, 0.29) is 23.4 Å². The molecule has 1 aromatic rings. The number of carbonyl (C=O) groups is 2. The van der Waals surface area contributed by atoms with Gasteiger partial charge in [-0.05, 0) is 25.8 Å². The van der Waals surface area contributed by atoms with Gasteiger partial charge >= 0.3 is 0 Å². The zero-order valence-electron chi connectivity index (χ0n) is 14.8. The van der Waals surface area contributed by atoms with Crippen LogP contribution in [0.15, 0.2) is 18.2 Å². The Morgan fingerprint density at radius 2 is 1.92 bits per heavy atom. The smallest absolute Gasteiger partial charge is 0.273 e. The molecule has 2 aliphatic rings. The fourth-order valence-electron chi connectivity index (χ4n) is 3.63. The summed E-state index contributed by atoms with van der Waals surface area (Å²) in [6.07, 6.45) is 1.51. The van der Waals surface area contributed by atoms with Gasteiger partial charge in [0.1, 0.15) is 0 Å². The minimum atomic E-state index is -0.479. The molecule has 3 rings (SSSR count). The van der Waals surface area contributed by atoms with Gasteiger partial charge in [0, 0.05) is 43.4 Å². The monoisotopic (exact) mass is 361 g/mol. The number of piperidine rings is 1. The van der Waals surface area contributed by atoms with Crippen molar-refractivity contribution in [3.63, 3.8) is 0 Å². The SMILES string of the molecule is Cc1c(C(=O)N2CCCC(C(=O)N3CCOCC3)C2)cccc1[N+](=O)[O-]. The Bertz CT molecular complexity index is 715. The molecular formula is C18H23N3O5. The van der Waals surface area contributed by atoms with Crippen molar-refractivity contribution in [1.82, 2.24) is 9.80 Å². The lowest BCUT2D eigenvalue weighted by Crippen LogP contribution is -2.49. The molecule has 2 saturated heterocycles. The summed E-state index contributed by atoms with van der Waals surface area (Å²) in [6.45, 7) is 4.79. The number of hydrogen-bond donors (Lipinski definition) is 0. The van der Waals surface area contributed by atoms with Gasteiger partial charge in [0.2, 0.25) is 5.91 Å². The van der Waals surface area contributed by atoms with Gasteiger partial charge in [-0.25, -0.2) is 0 Å². The maximum Gasteiger partial charge on any atom is 0.273 e. The van der Waals surface area contributed by atoms with Gasteiger partial charge in [-0.2, -0.15) is 0 Å². The molecule has 2 aliphatic heterocycles. The lowest BCUT2D eigenvalue weighted by Gasteiger charge is -2.36. The van der Waals surface area contributed by atoms with E-state index in [0.29, 0.717) is 50.5 Å². The van der Waals surface area contributed by atoms with Crippen LogP contribution in [0.1, 0.15) is 28.8 Å². The zero-order valence-corrected chi connectivity index (χ0v) is 14.8. The van der Waals surface area contributed by atoms with Crippen LogP contribution in [0.25, 0.3) is 0 Å². The van der Waals surface area contributed by atoms with E-state index in [4.69, 9.17) is 4.74 Å². The summed E-state index contributed by atoms with van der Waals surface area (Å²) in [7, 11) is 0. The number of nitro benzene ring substituents is 1. The first kappa shape index (κ1) is 18.3. The number of hydrogen-bond acceptors (Lipinski definition) is 5. The molecule has 2 amide bonds. The fourth-order valence-corrected chi connectivity index (χ4v) is 3.63. The second-order valence-electron chi connectivity index (χ2n) is 6.73. The Hall–Kier alpha value is -2.48. The predicted molar refractivity (Wildman–Crippen MR) is 93.9 cm³/mol. The third-order valence-electron chi connectivity index (χ3n) is 5.11. The van der Waals surface area contributed by atoms with Crippen LogP contribution >= 0.6 is 0 Å². The number of morpholine rings is 1. The van der Waals surface area contributed by atoms with Crippen molar-refractivity contribution in [1.29, 1.82) is 0 Å². The van der Waals surface area contributed by atoms with Crippen LogP contribution in [0, 0.1) is 23.0 Å². The van der Waals surface area contributed by atoms with E-state index in [1.54, 1.807) is 22.8 Å². The summed E-state index contributed by atoms with van der Waals surface area (Å²) in [5.41, 5.74) is 0.636. The van der Waals surface area contributed by atoms with E-state index in [0.717, 1.165) is 12.8 Å². The Morgan fingerprint density at radius 3 is 2.62 bits per heavy atom. The largest absolute Gasteiger partial charge is 0.378 e. The summed E-state index contributed by atoms with van der Waals surface area (Å²) >= 11 is 0. The Kier molecular flexibility index (Phi) is 5.51. The van der Waals surface area contributed by atoms with Crippen LogP contribution in [-0.4, -0.2) is 65.9 Å². The molecule has 2 heterocycles. The van der Waals surface area contributed by atoms with E-state index in [2.05, 4.69) is 0 Å². The minimum absolute atomic E-state index is 0.0613. The number of rotatable bonds is 3. The van der Waals surface area contributed by atoms with Gasteiger partial charge in [-0.3, -0.25) is 19.7 Å². The standard InChI is InChI=1S/C18H23N3O5/c1-13-15(5-2-6-16(13)21(24)25)18(23)20-7-3-4-14(12-20)17(22)19-8-10-26-11-9-19/h2,5-6,14H,3-4,7-12H2,1H3. The topological polar surface area (TPSA) is 93.0 Å². The average Bonchev–Trinajstić information content (AvgIpc) is 2.67. The van der Waals surface area contributed by atoms with Crippen molar-refractivity contribution in [2.45, 2.75) is 19.8 Å². The van der Waals surface area contributed by atoms with Gasteiger partial charge < -0.3 is 14.5 Å². The molecule has 0 bridgehead atoms. The fraction of sp³-hybridized carbons (Fsp3) is 0.556. The van der Waals surface area contributed by atoms with Crippen molar-refractivity contribution < 1.29 is 19.2 Å². The molecule has 1 unspecified atom stereocenters. The Morgan fingerprint density at radius 1 is 1.19 bits per heavy atom. The summed E-state index contributed by atoms with van der Waals surface area (Å²) in [6, 6.07) is 4.53. The van der Waals surface area contributed by atoms with Gasteiger partial charge in [-0.15, -0.1) is 0 Å². The first-order chi connectivity index (χ1) is 12.5. The van der Waals surface area contributed by atoms with Gasteiger partial charge in [0.25, 0.3) is 11.6 Å². The van der Waals surface area contributed by atoms with Crippen molar-refractivity contribution in [3.05, 3.63) is 39.4 Å². The molecule has 0 N–H and O–H groups in total. The quantitative estimate of drug-likeness (QED) is 0.602. The van der Waals surface area contributed by atoms with Crippen LogP contribution in [0.4, 0.5) is 5.69 Å². The molecule has 1 aromatic carbocycles. The minimum Gasteiger partial charge on any atom is -0.378 e. The van der Waals surface area contributed by atoms with Crippen molar-refractivity contribution in [2.24, 2.45) is 5.92 Å². The number of likely N-dealkylation sites (tertiary alicyclic amines) is 1. The van der Waals surface area contributed by atoms with Crippen molar-refractivity contribution >= 4 is 17.5 Å². The number of amides is 2. The predicted octanol–water partition coefficient (Wildman–Crippen LogP) is 1.61. The van der Waals surface area contributed by atoms with E-state index in [9.17, 15) is 19.7 Å². The number of nitrogens with zero attached hydrogens (tertiary/aromatic N) is 3. The van der Waals surface area contributed by atoms with Gasteiger partial charge in [0.15, 0.2) is 0 Å². The highest BCUT2D eigenvalue weighted by Crippen LogP contribution is 2.25. The lowest BCUT2D eigenvalue weighted by atomic mass is 9.95. The summed E-state index contributed by atoms with van der Waals surface area (Å²) < 4.78 is 5.28. The van der Waals surface area contributed by atoms with Crippen LogP contribution in [0.5, 0.6) is 0 Å². The maximum atomic E-state index is 12.9. The molecule has 0 spiro atoms. The number of ether oxygens (including phenoxy) is 1. The molecule has 140 valence electrons. The number of carbonyl (C=O) groups excluding carboxylic acids is 2. The second-order valence-corrected chi connectivity index (χ2v) is 6.73. The molecule has 8 nitrogen and oxygen atoms in total. The van der Waals surface area contributed by atoms with E-state index in [1.165, 1.54) is 12.1 Å². The molecule has 2 fully saturated rings. The molecule has 8 heteroatoms. The molecule has 0 saturated carbocycles. The average molecular weight is 361 g/mol. The Labute approximate surface area is 151 Å². The molecule has 26 heavy (non-hydrogen) atoms. The van der Waals surface area contributed by atoms with Crippen molar-refractivity contribution in [2.75, 3.05) is 39.4 Å². The highest BCUT2D eigenvalue weighted by Gasteiger charge is 2.33. The summed E-state index contributed by atoms with van der Waals surface area (Å²) in [5, 5.41) is 11.1. The van der Waals surface area contributed by atoms with Crippen LogP contribution in [0.2, 0.25) is 0 Å². The van der Waals surface area contributed by atoms with Gasteiger partial charge in [0.05, 0.1) is 24.1 Å². The molecule has 0 radical (unpaired) electrons. The third kappa shape index (κ3) is 3.70. The van der Waals surface area contributed by atoms with E-state index < -0.39 is 4.92 Å². The molecule has 0 aromatic heterocycles. The van der Waals surface area contributed by atoms with Crippen molar-refractivity contribution in [3.8, 4) is 0 Å². The third-order valence-corrected chi connectivity index (χ3v) is 5.11.